The lowest BCUT2D eigenvalue weighted by molar-refractivity contribution is -0.240. The van der Waals surface area contributed by atoms with E-state index in [0.29, 0.717) is 0 Å². The normalized spacial score (nSPS) is 41.1. The van der Waals surface area contributed by atoms with Crippen LogP contribution in [0.5, 0.6) is 0 Å². The van der Waals surface area contributed by atoms with Crippen LogP contribution < -0.4 is 0 Å². The van der Waals surface area contributed by atoms with Crippen LogP contribution in [0.25, 0.3) is 0 Å². The highest BCUT2D eigenvalue weighted by Gasteiger charge is 2.45. The molecule has 1 heterocycles. The maximum absolute atomic E-state index is 10.9. The van der Waals surface area contributed by atoms with Crippen LogP contribution in [-0.4, -0.2) is 68.6 Å². The van der Waals surface area contributed by atoms with Gasteiger partial charge in [-0.25, -0.2) is 0 Å². The standard InChI is InChI=1S/C7H12O7/c8-1-2(9)6-4(11)3(10)5(12)7(13)14-6/h2-4,6-11,13H,1H2/t2-,3+,4-,6-,7+/m1/s1. The number of carbonyl (C=O) groups excluding carboxylic acids is 1. The van der Waals surface area contributed by atoms with Gasteiger partial charge in [0.1, 0.15) is 24.4 Å². The van der Waals surface area contributed by atoms with Crippen LogP contribution in [-0.2, 0) is 9.53 Å². The molecule has 0 aromatic carbocycles. The number of Topliss-reactive ketones (excluding diaryl/α,β-unsaturated/α-hetero) is 1. The number of hydrogen-bond donors (Lipinski definition) is 5. The fourth-order valence-electron chi connectivity index (χ4n) is 1.21. The summed E-state index contributed by atoms with van der Waals surface area (Å²) in [5, 5.41) is 45.0. The van der Waals surface area contributed by atoms with Crippen molar-refractivity contribution < 1.29 is 35.1 Å². The van der Waals surface area contributed by atoms with Gasteiger partial charge in [-0.2, -0.15) is 0 Å². The van der Waals surface area contributed by atoms with Crippen molar-refractivity contribution in [2.45, 2.75) is 30.7 Å². The summed E-state index contributed by atoms with van der Waals surface area (Å²) in [4.78, 5) is 10.9. The van der Waals surface area contributed by atoms with Crippen LogP contribution in [0.4, 0.5) is 0 Å². The molecule has 0 saturated carbocycles. The molecule has 0 radical (unpaired) electrons. The fourth-order valence-corrected chi connectivity index (χ4v) is 1.21. The van der Waals surface area contributed by atoms with Crippen LogP contribution in [0.1, 0.15) is 0 Å². The molecular formula is C7H12O7. The lowest BCUT2D eigenvalue weighted by atomic mass is 9.97. The first-order valence-corrected chi connectivity index (χ1v) is 4.01. The summed E-state index contributed by atoms with van der Waals surface area (Å²) < 4.78 is 4.52. The van der Waals surface area contributed by atoms with Crippen LogP contribution in [0.15, 0.2) is 0 Å². The summed E-state index contributed by atoms with van der Waals surface area (Å²) in [6.07, 6.45) is -8.22. The number of hydrogen-bond acceptors (Lipinski definition) is 7. The summed E-state index contributed by atoms with van der Waals surface area (Å²) in [6, 6.07) is 0. The van der Waals surface area contributed by atoms with E-state index in [4.69, 9.17) is 20.4 Å². The van der Waals surface area contributed by atoms with Gasteiger partial charge in [0.25, 0.3) is 0 Å². The van der Waals surface area contributed by atoms with E-state index in [1.807, 2.05) is 0 Å². The Morgan fingerprint density at radius 2 is 1.93 bits per heavy atom. The Bertz CT molecular complexity index is 218. The van der Waals surface area contributed by atoms with Crippen LogP contribution in [0.3, 0.4) is 0 Å². The van der Waals surface area contributed by atoms with E-state index in [0.717, 1.165) is 0 Å². The van der Waals surface area contributed by atoms with Gasteiger partial charge in [-0.1, -0.05) is 0 Å². The number of carbonyl (C=O) groups is 1. The molecule has 1 aliphatic heterocycles. The first-order valence-electron chi connectivity index (χ1n) is 4.01. The minimum Gasteiger partial charge on any atom is -0.394 e. The molecule has 0 aliphatic carbocycles. The molecule has 0 bridgehead atoms. The van der Waals surface area contributed by atoms with E-state index in [9.17, 15) is 9.90 Å². The number of aliphatic hydroxyl groups is 5. The zero-order valence-corrected chi connectivity index (χ0v) is 7.15. The minimum atomic E-state index is -1.89. The predicted molar refractivity (Wildman–Crippen MR) is 41.0 cm³/mol. The molecule has 1 rings (SSSR count). The van der Waals surface area contributed by atoms with Gasteiger partial charge < -0.3 is 30.3 Å². The van der Waals surface area contributed by atoms with E-state index in [1.165, 1.54) is 0 Å². The molecule has 14 heavy (non-hydrogen) atoms. The first kappa shape index (κ1) is 11.5. The van der Waals surface area contributed by atoms with Gasteiger partial charge in [0, 0.05) is 0 Å². The summed E-state index contributed by atoms with van der Waals surface area (Å²) in [6.45, 7) is -0.713. The maximum atomic E-state index is 10.9. The average Bonchev–Trinajstić information content (AvgIpc) is 2.19. The third kappa shape index (κ3) is 1.92. The van der Waals surface area contributed by atoms with Gasteiger partial charge in [-0.3, -0.25) is 4.79 Å². The Labute approximate surface area is 79.2 Å². The zero-order chi connectivity index (χ0) is 10.9. The van der Waals surface area contributed by atoms with Gasteiger partial charge >= 0.3 is 0 Å². The van der Waals surface area contributed by atoms with E-state index in [1.54, 1.807) is 0 Å². The zero-order valence-electron chi connectivity index (χ0n) is 7.15. The SMILES string of the molecule is O=C1[C@@H](O)[C@@H](O)[C@@H]([C@H](O)CO)O[C@@H]1O. The molecule has 82 valence electrons. The summed E-state index contributed by atoms with van der Waals surface area (Å²) in [7, 11) is 0. The lowest BCUT2D eigenvalue weighted by Crippen LogP contribution is -2.59. The number of ketones is 1. The molecule has 1 aliphatic rings. The third-order valence-corrected chi connectivity index (χ3v) is 2.05. The van der Waals surface area contributed by atoms with Crippen LogP contribution >= 0.6 is 0 Å². The quantitative estimate of drug-likeness (QED) is 0.316. The predicted octanol–water partition coefficient (Wildman–Crippen LogP) is -3.65. The van der Waals surface area contributed by atoms with E-state index < -0.39 is 43.1 Å². The highest BCUT2D eigenvalue weighted by molar-refractivity contribution is 5.87. The summed E-state index contributed by atoms with van der Waals surface area (Å²) in [5.41, 5.74) is 0. The Morgan fingerprint density at radius 3 is 2.43 bits per heavy atom. The van der Waals surface area contributed by atoms with E-state index >= 15 is 0 Å². The van der Waals surface area contributed by atoms with Crippen molar-refractivity contribution in [3.8, 4) is 0 Å². The van der Waals surface area contributed by atoms with Crippen molar-refractivity contribution in [2.24, 2.45) is 0 Å². The number of aliphatic hydroxyl groups excluding tert-OH is 5. The molecule has 0 unspecified atom stereocenters. The van der Waals surface area contributed by atoms with Crippen molar-refractivity contribution >= 4 is 5.78 Å². The van der Waals surface area contributed by atoms with Gasteiger partial charge in [0.2, 0.25) is 12.1 Å². The molecule has 1 saturated heterocycles. The molecule has 0 aromatic heterocycles. The molecule has 5 atom stereocenters. The fraction of sp³-hybridized carbons (Fsp3) is 0.857. The average molecular weight is 208 g/mol. The van der Waals surface area contributed by atoms with Crippen molar-refractivity contribution in [2.75, 3.05) is 6.61 Å². The largest absolute Gasteiger partial charge is 0.394 e. The van der Waals surface area contributed by atoms with Gasteiger partial charge in [-0.05, 0) is 0 Å². The monoisotopic (exact) mass is 208 g/mol. The minimum absolute atomic E-state index is 0.713. The molecular weight excluding hydrogens is 196 g/mol. The second-order valence-corrected chi connectivity index (χ2v) is 3.04. The van der Waals surface area contributed by atoms with Crippen LogP contribution in [0, 0.1) is 0 Å². The van der Waals surface area contributed by atoms with Crippen LogP contribution in [0.2, 0.25) is 0 Å². The van der Waals surface area contributed by atoms with E-state index in [2.05, 4.69) is 4.74 Å². The van der Waals surface area contributed by atoms with Gasteiger partial charge in [-0.15, -0.1) is 0 Å². The van der Waals surface area contributed by atoms with Gasteiger partial charge in [0.15, 0.2) is 0 Å². The molecule has 0 aromatic rings. The molecule has 1 fully saturated rings. The second-order valence-electron chi connectivity index (χ2n) is 3.04. The molecule has 0 amide bonds. The van der Waals surface area contributed by atoms with Crippen molar-refractivity contribution in [3.63, 3.8) is 0 Å². The Morgan fingerprint density at radius 1 is 1.36 bits per heavy atom. The Balaban J connectivity index is 2.75. The second kappa shape index (κ2) is 4.30. The highest BCUT2D eigenvalue weighted by atomic mass is 16.6. The molecule has 7 heteroatoms. The van der Waals surface area contributed by atoms with Crippen molar-refractivity contribution in [1.82, 2.24) is 0 Å². The topological polar surface area (TPSA) is 127 Å². The lowest BCUT2D eigenvalue weighted by Gasteiger charge is -2.35. The van der Waals surface area contributed by atoms with Crippen molar-refractivity contribution in [3.05, 3.63) is 0 Å². The summed E-state index contributed by atoms with van der Waals surface area (Å²) >= 11 is 0. The Kier molecular flexibility index (Phi) is 3.53. The number of rotatable bonds is 2. The summed E-state index contributed by atoms with van der Waals surface area (Å²) in [5.74, 6) is -1.07. The molecule has 7 nitrogen and oxygen atoms in total. The van der Waals surface area contributed by atoms with E-state index in [-0.39, 0.29) is 0 Å². The third-order valence-electron chi connectivity index (χ3n) is 2.05. The first-order chi connectivity index (χ1) is 6.49. The molecule has 5 N–H and O–H groups in total. The molecule has 0 spiro atoms. The van der Waals surface area contributed by atoms with Gasteiger partial charge in [0.05, 0.1) is 6.61 Å². The highest BCUT2D eigenvalue weighted by Crippen LogP contribution is 2.18. The Hall–Kier alpha value is -0.570. The smallest absolute Gasteiger partial charge is 0.219 e. The van der Waals surface area contributed by atoms with Crippen molar-refractivity contribution in [1.29, 1.82) is 0 Å². The number of ether oxygens (including phenoxy) is 1. The maximum Gasteiger partial charge on any atom is 0.219 e.